The number of carboxylic acids is 1. The van der Waals surface area contributed by atoms with Crippen LogP contribution in [-0.4, -0.2) is 29.1 Å². The Morgan fingerprint density at radius 3 is 1.45 bits per heavy atom. The van der Waals surface area contributed by atoms with Crippen molar-refractivity contribution >= 4 is 11.8 Å². The lowest BCUT2D eigenvalue weighted by atomic mass is 9.88. The average molecular weight is 441 g/mol. The predicted octanol–water partition coefficient (Wildman–Crippen LogP) is 8.26. The number of carboxylic acid groups (broad SMARTS) is 1. The van der Waals surface area contributed by atoms with Gasteiger partial charge in [-0.05, 0) is 25.7 Å². The first-order valence-corrected chi connectivity index (χ1v) is 13.5. The lowest BCUT2D eigenvalue weighted by Gasteiger charge is -2.28. The summed E-state index contributed by atoms with van der Waals surface area (Å²) in [5.74, 6) is -1.36. The van der Waals surface area contributed by atoms with Gasteiger partial charge in [-0.1, -0.05) is 117 Å². The number of carbonyl (C=O) groups is 2. The number of ether oxygens (including phenoxy) is 1. The van der Waals surface area contributed by atoms with Gasteiger partial charge in [0.2, 0.25) is 5.60 Å². The summed E-state index contributed by atoms with van der Waals surface area (Å²) in [7, 11) is 0. The van der Waals surface area contributed by atoms with Gasteiger partial charge in [0.15, 0.2) is 5.78 Å². The maximum atomic E-state index is 12.6. The molecule has 0 saturated carbocycles. The highest BCUT2D eigenvalue weighted by atomic mass is 16.5. The Morgan fingerprint density at radius 1 is 0.613 bits per heavy atom. The van der Waals surface area contributed by atoms with Gasteiger partial charge in [0.25, 0.3) is 0 Å². The van der Waals surface area contributed by atoms with Crippen LogP contribution < -0.4 is 0 Å². The molecule has 0 aliphatic heterocycles. The molecule has 0 amide bonds. The number of unbranched alkanes of at least 4 members (excludes halogenated alkanes) is 15. The van der Waals surface area contributed by atoms with Gasteiger partial charge in [0, 0.05) is 13.0 Å². The maximum absolute atomic E-state index is 12.6. The van der Waals surface area contributed by atoms with Gasteiger partial charge in [-0.2, -0.15) is 0 Å². The van der Waals surface area contributed by atoms with E-state index in [0.717, 1.165) is 38.5 Å². The van der Waals surface area contributed by atoms with Gasteiger partial charge in [0.05, 0.1) is 0 Å². The van der Waals surface area contributed by atoms with Crippen LogP contribution in [-0.2, 0) is 14.3 Å². The standard InChI is InChI=1S/C27H52O4/c1-4-7-9-10-11-12-13-14-15-16-17-18-19-20-23-27(26(29)30,25(28)22-6-3)31-24-21-8-5-2/h4-24H2,1-3H3,(H,29,30). The third-order valence-corrected chi connectivity index (χ3v) is 6.25. The normalized spacial score (nSPS) is 13.3. The van der Waals surface area contributed by atoms with Crippen molar-refractivity contribution in [3.05, 3.63) is 0 Å². The minimum Gasteiger partial charge on any atom is -0.479 e. The van der Waals surface area contributed by atoms with Crippen molar-refractivity contribution in [2.45, 2.75) is 155 Å². The van der Waals surface area contributed by atoms with E-state index in [-0.39, 0.29) is 12.2 Å². The topological polar surface area (TPSA) is 63.6 Å². The molecule has 0 aliphatic carbocycles. The average Bonchev–Trinajstić information content (AvgIpc) is 2.75. The number of carbonyl (C=O) groups excluding carboxylic acids is 1. The Balaban J connectivity index is 4.05. The molecule has 0 aromatic rings. The molecule has 0 saturated heterocycles. The molecular weight excluding hydrogens is 388 g/mol. The Labute approximate surface area is 192 Å². The molecule has 0 spiro atoms. The molecule has 4 heteroatoms. The van der Waals surface area contributed by atoms with Crippen LogP contribution in [0.1, 0.15) is 149 Å². The first kappa shape index (κ1) is 30.1. The predicted molar refractivity (Wildman–Crippen MR) is 131 cm³/mol. The summed E-state index contributed by atoms with van der Waals surface area (Å²) < 4.78 is 5.77. The molecule has 1 unspecified atom stereocenters. The van der Waals surface area contributed by atoms with Gasteiger partial charge in [0.1, 0.15) is 0 Å². The van der Waals surface area contributed by atoms with E-state index in [1.165, 1.54) is 70.6 Å². The van der Waals surface area contributed by atoms with Gasteiger partial charge in [-0.3, -0.25) is 4.79 Å². The molecular formula is C27H52O4. The van der Waals surface area contributed by atoms with Gasteiger partial charge in [-0.25, -0.2) is 4.79 Å². The van der Waals surface area contributed by atoms with E-state index in [1.807, 2.05) is 6.92 Å². The molecule has 0 aromatic carbocycles. The highest BCUT2D eigenvalue weighted by molar-refractivity contribution is 6.06. The zero-order valence-electron chi connectivity index (χ0n) is 21.0. The zero-order valence-corrected chi connectivity index (χ0v) is 21.0. The molecule has 1 atom stereocenters. The van der Waals surface area contributed by atoms with Crippen LogP contribution in [0, 0.1) is 0 Å². The van der Waals surface area contributed by atoms with Crippen LogP contribution in [0.4, 0.5) is 0 Å². The second-order valence-electron chi connectivity index (χ2n) is 9.21. The van der Waals surface area contributed by atoms with Crippen LogP contribution in [0.3, 0.4) is 0 Å². The largest absolute Gasteiger partial charge is 0.479 e. The fraction of sp³-hybridized carbons (Fsp3) is 0.926. The summed E-state index contributed by atoms with van der Waals surface area (Å²) in [6.07, 6.45) is 21.7. The van der Waals surface area contributed by atoms with E-state index in [1.54, 1.807) is 0 Å². The molecule has 184 valence electrons. The van der Waals surface area contributed by atoms with Crippen molar-refractivity contribution < 1.29 is 19.4 Å². The first-order chi connectivity index (χ1) is 15.0. The van der Waals surface area contributed by atoms with Crippen molar-refractivity contribution in [1.29, 1.82) is 0 Å². The van der Waals surface area contributed by atoms with Crippen LogP contribution in [0.15, 0.2) is 0 Å². The van der Waals surface area contributed by atoms with E-state index in [9.17, 15) is 14.7 Å². The summed E-state index contributed by atoms with van der Waals surface area (Å²) in [5, 5.41) is 9.84. The van der Waals surface area contributed by atoms with E-state index in [4.69, 9.17) is 4.74 Å². The minimum atomic E-state index is -1.62. The van der Waals surface area contributed by atoms with Crippen molar-refractivity contribution in [2.75, 3.05) is 6.61 Å². The monoisotopic (exact) mass is 440 g/mol. The Morgan fingerprint density at radius 2 is 1.03 bits per heavy atom. The Kier molecular flexibility index (Phi) is 20.4. The van der Waals surface area contributed by atoms with Crippen molar-refractivity contribution in [3.8, 4) is 0 Å². The summed E-state index contributed by atoms with van der Waals surface area (Å²) in [6, 6.07) is 0. The Bertz CT molecular complexity index is 435. The molecule has 1 N–H and O–H groups in total. The van der Waals surface area contributed by atoms with Crippen LogP contribution >= 0.6 is 0 Å². The first-order valence-electron chi connectivity index (χ1n) is 13.5. The second-order valence-corrected chi connectivity index (χ2v) is 9.21. The molecule has 0 rings (SSSR count). The summed E-state index contributed by atoms with van der Waals surface area (Å²) in [6.45, 7) is 6.63. The molecule has 0 heterocycles. The minimum absolute atomic E-state index is 0.256. The highest BCUT2D eigenvalue weighted by Crippen LogP contribution is 2.25. The fourth-order valence-corrected chi connectivity index (χ4v) is 4.18. The second kappa shape index (κ2) is 21.0. The van der Waals surface area contributed by atoms with Gasteiger partial charge in [-0.15, -0.1) is 0 Å². The zero-order chi connectivity index (χ0) is 23.2. The maximum Gasteiger partial charge on any atom is 0.343 e. The molecule has 4 nitrogen and oxygen atoms in total. The molecule has 0 fully saturated rings. The van der Waals surface area contributed by atoms with Crippen molar-refractivity contribution in [3.63, 3.8) is 0 Å². The number of Topliss-reactive ketones (excluding diaryl/α,β-unsaturated/α-hetero) is 1. The number of rotatable bonds is 24. The van der Waals surface area contributed by atoms with E-state index in [0.29, 0.717) is 19.4 Å². The number of hydrogen-bond acceptors (Lipinski definition) is 3. The van der Waals surface area contributed by atoms with Gasteiger partial charge >= 0.3 is 5.97 Å². The number of hydrogen-bond donors (Lipinski definition) is 1. The Hall–Kier alpha value is -0.900. The lowest BCUT2D eigenvalue weighted by Crippen LogP contribution is -2.49. The van der Waals surface area contributed by atoms with E-state index >= 15 is 0 Å². The smallest absolute Gasteiger partial charge is 0.343 e. The lowest BCUT2D eigenvalue weighted by molar-refractivity contribution is -0.174. The summed E-state index contributed by atoms with van der Waals surface area (Å²) in [5.41, 5.74) is -1.62. The molecule has 0 aliphatic rings. The highest BCUT2D eigenvalue weighted by Gasteiger charge is 2.45. The summed E-state index contributed by atoms with van der Waals surface area (Å²) in [4.78, 5) is 24.7. The molecule has 0 aromatic heterocycles. The number of aliphatic carboxylic acids is 1. The fourth-order valence-electron chi connectivity index (χ4n) is 4.18. The SMILES string of the molecule is CCCCCCCCCCCCCCCCC(OCCCCC)(C(=O)O)C(=O)CCC. The van der Waals surface area contributed by atoms with Crippen LogP contribution in [0.25, 0.3) is 0 Å². The van der Waals surface area contributed by atoms with Crippen molar-refractivity contribution in [2.24, 2.45) is 0 Å². The molecule has 0 radical (unpaired) electrons. The summed E-state index contributed by atoms with van der Waals surface area (Å²) >= 11 is 0. The van der Waals surface area contributed by atoms with Crippen LogP contribution in [0.2, 0.25) is 0 Å². The van der Waals surface area contributed by atoms with Crippen molar-refractivity contribution in [1.82, 2.24) is 0 Å². The third-order valence-electron chi connectivity index (χ3n) is 6.25. The van der Waals surface area contributed by atoms with E-state index in [2.05, 4.69) is 13.8 Å². The van der Waals surface area contributed by atoms with Gasteiger partial charge < -0.3 is 9.84 Å². The molecule has 0 bridgehead atoms. The van der Waals surface area contributed by atoms with E-state index < -0.39 is 11.6 Å². The number of ketones is 1. The molecule has 31 heavy (non-hydrogen) atoms. The quantitative estimate of drug-likeness (QED) is 0.121. The van der Waals surface area contributed by atoms with Crippen LogP contribution in [0.5, 0.6) is 0 Å². The third kappa shape index (κ3) is 14.7.